The van der Waals surface area contributed by atoms with Crippen LogP contribution in [0.4, 0.5) is 0 Å². The van der Waals surface area contributed by atoms with Gasteiger partial charge >= 0.3 is 0 Å². The lowest BCUT2D eigenvalue weighted by Crippen LogP contribution is -2.32. The summed E-state index contributed by atoms with van der Waals surface area (Å²) < 4.78 is 5.56. The lowest BCUT2D eigenvalue weighted by molar-refractivity contribution is 0.109. The van der Waals surface area contributed by atoms with Crippen molar-refractivity contribution in [3.63, 3.8) is 0 Å². The Morgan fingerprint density at radius 3 is 2.61 bits per heavy atom. The Morgan fingerprint density at radius 2 is 2.00 bits per heavy atom. The van der Waals surface area contributed by atoms with E-state index in [9.17, 15) is 0 Å². The normalized spacial score (nSPS) is 12.9. The summed E-state index contributed by atoms with van der Waals surface area (Å²) in [6.07, 6.45) is 0.958. The van der Waals surface area contributed by atoms with Crippen LogP contribution in [0.25, 0.3) is 0 Å². The van der Waals surface area contributed by atoms with Crippen molar-refractivity contribution in [1.82, 2.24) is 5.32 Å². The summed E-state index contributed by atoms with van der Waals surface area (Å²) in [5, 5.41) is 4.32. The van der Waals surface area contributed by atoms with Crippen LogP contribution in [0.1, 0.15) is 26.3 Å². The van der Waals surface area contributed by atoms with Crippen molar-refractivity contribution in [3.05, 3.63) is 34.9 Å². The zero-order valence-corrected chi connectivity index (χ0v) is 12.3. The van der Waals surface area contributed by atoms with Crippen molar-refractivity contribution in [1.29, 1.82) is 0 Å². The first-order chi connectivity index (χ1) is 8.63. The monoisotopic (exact) mass is 269 g/mol. The minimum atomic E-state index is 0.465. The molecule has 0 aliphatic heterocycles. The predicted molar refractivity (Wildman–Crippen MR) is 78.3 cm³/mol. The van der Waals surface area contributed by atoms with Gasteiger partial charge < -0.3 is 10.1 Å². The van der Waals surface area contributed by atoms with Crippen LogP contribution in [0, 0.1) is 5.92 Å². The molecule has 0 saturated heterocycles. The van der Waals surface area contributed by atoms with Gasteiger partial charge in [-0.05, 0) is 30.9 Å². The summed E-state index contributed by atoms with van der Waals surface area (Å²) in [6.45, 7) is 8.86. The number of nitrogens with one attached hydrogen (secondary N) is 1. The van der Waals surface area contributed by atoms with Gasteiger partial charge in [-0.3, -0.25) is 0 Å². The molecule has 102 valence electrons. The third-order valence-electron chi connectivity index (χ3n) is 2.84. The van der Waals surface area contributed by atoms with E-state index in [0.29, 0.717) is 12.0 Å². The summed E-state index contributed by atoms with van der Waals surface area (Å²) in [6, 6.07) is 8.55. The first kappa shape index (κ1) is 15.5. The summed E-state index contributed by atoms with van der Waals surface area (Å²) in [5.74, 6) is 0.465. The maximum Gasteiger partial charge on any atom is 0.0509 e. The van der Waals surface area contributed by atoms with E-state index in [1.54, 1.807) is 0 Å². The van der Waals surface area contributed by atoms with E-state index in [-0.39, 0.29) is 0 Å². The lowest BCUT2D eigenvalue weighted by atomic mass is 9.99. The van der Waals surface area contributed by atoms with Crippen molar-refractivity contribution in [3.8, 4) is 0 Å². The highest BCUT2D eigenvalue weighted by atomic mass is 35.5. The fourth-order valence-electron chi connectivity index (χ4n) is 1.85. The fourth-order valence-corrected chi connectivity index (χ4v) is 2.06. The van der Waals surface area contributed by atoms with Crippen LogP contribution in [0.2, 0.25) is 5.02 Å². The third-order valence-corrected chi connectivity index (χ3v) is 3.21. The quantitative estimate of drug-likeness (QED) is 0.780. The summed E-state index contributed by atoms with van der Waals surface area (Å²) >= 11 is 6.20. The minimum Gasteiger partial charge on any atom is -0.381 e. The second-order valence-electron chi connectivity index (χ2n) is 4.88. The number of hydrogen-bond acceptors (Lipinski definition) is 2. The highest BCUT2D eigenvalue weighted by molar-refractivity contribution is 6.31. The van der Waals surface area contributed by atoms with Crippen molar-refractivity contribution in [2.45, 2.75) is 33.2 Å². The van der Waals surface area contributed by atoms with E-state index in [1.165, 1.54) is 5.56 Å². The zero-order chi connectivity index (χ0) is 13.4. The molecule has 1 atom stereocenters. The second-order valence-corrected chi connectivity index (χ2v) is 5.29. The van der Waals surface area contributed by atoms with Crippen LogP contribution < -0.4 is 5.32 Å². The summed E-state index contributed by atoms with van der Waals surface area (Å²) in [4.78, 5) is 0. The van der Waals surface area contributed by atoms with Crippen molar-refractivity contribution in [2.24, 2.45) is 5.92 Å². The van der Waals surface area contributed by atoms with Gasteiger partial charge in [0.1, 0.15) is 0 Å². The number of ether oxygens (including phenoxy) is 1. The second kappa shape index (κ2) is 8.52. The SMILES string of the molecule is CCOCC(CNC(C)C)Cc1ccccc1Cl. The standard InChI is InChI=1S/C15H24ClNO/c1-4-18-11-13(10-17-12(2)3)9-14-7-5-6-8-15(14)16/h5-8,12-13,17H,4,9-11H2,1-3H3. The van der Waals surface area contributed by atoms with Gasteiger partial charge in [0.05, 0.1) is 6.61 Å². The molecule has 0 fully saturated rings. The van der Waals surface area contributed by atoms with Crippen LogP contribution in [-0.4, -0.2) is 25.8 Å². The highest BCUT2D eigenvalue weighted by Gasteiger charge is 2.12. The molecule has 1 rings (SSSR count). The topological polar surface area (TPSA) is 21.3 Å². The fraction of sp³-hybridized carbons (Fsp3) is 0.600. The largest absolute Gasteiger partial charge is 0.381 e. The Balaban J connectivity index is 2.56. The molecule has 1 N–H and O–H groups in total. The van der Waals surface area contributed by atoms with Crippen LogP contribution in [-0.2, 0) is 11.2 Å². The van der Waals surface area contributed by atoms with E-state index < -0.39 is 0 Å². The van der Waals surface area contributed by atoms with Crippen LogP contribution in [0.15, 0.2) is 24.3 Å². The van der Waals surface area contributed by atoms with Crippen molar-refractivity contribution < 1.29 is 4.74 Å². The molecule has 1 unspecified atom stereocenters. The molecule has 1 aromatic carbocycles. The Bertz CT molecular complexity index is 341. The molecular formula is C15H24ClNO. The molecule has 0 spiro atoms. The molecule has 2 nitrogen and oxygen atoms in total. The molecule has 0 aromatic heterocycles. The summed E-state index contributed by atoms with van der Waals surface area (Å²) in [5.41, 5.74) is 1.20. The molecule has 0 radical (unpaired) electrons. The van der Waals surface area contributed by atoms with E-state index in [2.05, 4.69) is 25.2 Å². The van der Waals surface area contributed by atoms with E-state index in [4.69, 9.17) is 16.3 Å². The lowest BCUT2D eigenvalue weighted by Gasteiger charge is -2.19. The highest BCUT2D eigenvalue weighted by Crippen LogP contribution is 2.19. The maximum absolute atomic E-state index is 6.20. The average Bonchev–Trinajstić information content (AvgIpc) is 2.35. The molecule has 0 aliphatic carbocycles. The van der Waals surface area contributed by atoms with Gasteiger partial charge in [-0.2, -0.15) is 0 Å². The van der Waals surface area contributed by atoms with E-state index in [0.717, 1.165) is 31.2 Å². The number of hydrogen-bond donors (Lipinski definition) is 1. The zero-order valence-electron chi connectivity index (χ0n) is 11.6. The van der Waals surface area contributed by atoms with Crippen LogP contribution in [0.5, 0.6) is 0 Å². The van der Waals surface area contributed by atoms with Gasteiger partial charge in [0.15, 0.2) is 0 Å². The van der Waals surface area contributed by atoms with Gasteiger partial charge in [0.2, 0.25) is 0 Å². The van der Waals surface area contributed by atoms with Crippen molar-refractivity contribution >= 4 is 11.6 Å². The van der Waals surface area contributed by atoms with E-state index in [1.807, 2.05) is 25.1 Å². The van der Waals surface area contributed by atoms with Crippen molar-refractivity contribution in [2.75, 3.05) is 19.8 Å². The first-order valence-corrected chi connectivity index (χ1v) is 7.05. The van der Waals surface area contributed by atoms with Gasteiger partial charge in [-0.1, -0.05) is 43.6 Å². The van der Waals surface area contributed by atoms with Gasteiger partial charge in [-0.25, -0.2) is 0 Å². The van der Waals surface area contributed by atoms with Crippen LogP contribution >= 0.6 is 11.6 Å². The minimum absolute atomic E-state index is 0.465. The molecule has 0 bridgehead atoms. The number of halogens is 1. The van der Waals surface area contributed by atoms with E-state index >= 15 is 0 Å². The van der Waals surface area contributed by atoms with Gasteiger partial charge in [0, 0.05) is 24.2 Å². The molecule has 1 aromatic rings. The Hall–Kier alpha value is -0.570. The first-order valence-electron chi connectivity index (χ1n) is 6.68. The maximum atomic E-state index is 6.20. The molecule has 0 aliphatic rings. The predicted octanol–water partition coefficient (Wildman–Crippen LogP) is 3.53. The Kier molecular flexibility index (Phi) is 7.33. The molecule has 0 heterocycles. The molecule has 0 amide bonds. The van der Waals surface area contributed by atoms with Gasteiger partial charge in [-0.15, -0.1) is 0 Å². The Morgan fingerprint density at radius 1 is 1.28 bits per heavy atom. The van der Waals surface area contributed by atoms with Crippen LogP contribution in [0.3, 0.4) is 0 Å². The smallest absolute Gasteiger partial charge is 0.0509 e. The molecule has 0 saturated carbocycles. The Labute approximate surface area is 116 Å². The molecular weight excluding hydrogens is 246 g/mol. The van der Waals surface area contributed by atoms with Gasteiger partial charge in [0.25, 0.3) is 0 Å². The molecule has 3 heteroatoms. The molecule has 18 heavy (non-hydrogen) atoms. The third kappa shape index (κ3) is 5.85. The summed E-state index contributed by atoms with van der Waals surface area (Å²) in [7, 11) is 0. The number of benzene rings is 1. The number of rotatable bonds is 8. The average molecular weight is 270 g/mol.